The molecule has 0 heteroatoms. The molecule has 0 nitrogen and oxygen atoms in total. The summed E-state index contributed by atoms with van der Waals surface area (Å²) in [5, 5.41) is 0. The molecule has 0 bridgehead atoms. The fraction of sp³-hybridized carbons (Fsp3) is 0.333. The van der Waals surface area contributed by atoms with Gasteiger partial charge in [-0.2, -0.15) is 0 Å². The Morgan fingerprint density at radius 1 is 0.852 bits per heavy atom. The van der Waals surface area contributed by atoms with E-state index >= 15 is 0 Å². The molecule has 0 amide bonds. The molecule has 0 aliphatic heterocycles. The molecule has 144 valence electrons. The highest BCUT2D eigenvalue weighted by molar-refractivity contribution is 5.99. The lowest BCUT2D eigenvalue weighted by Crippen LogP contribution is -1.96. The van der Waals surface area contributed by atoms with Crippen molar-refractivity contribution in [2.24, 2.45) is 0 Å². The zero-order chi connectivity index (χ0) is 20.1. The van der Waals surface area contributed by atoms with Gasteiger partial charge in [0.2, 0.25) is 0 Å². The Hall–Kier alpha value is -2.34. The second kappa shape index (κ2) is 12.9. The quantitative estimate of drug-likeness (QED) is 0.342. The summed E-state index contributed by atoms with van der Waals surface area (Å²) in [4.78, 5) is 0. The minimum Gasteiger partial charge on any atom is -0.0871 e. The van der Waals surface area contributed by atoms with E-state index in [0.29, 0.717) is 0 Å². The molecule has 27 heavy (non-hydrogen) atoms. The summed E-state index contributed by atoms with van der Waals surface area (Å²) in [5.41, 5.74) is 8.00. The van der Waals surface area contributed by atoms with Crippen molar-refractivity contribution in [2.75, 3.05) is 0 Å². The molecule has 2 aromatic carbocycles. The molecule has 0 aliphatic carbocycles. The van der Waals surface area contributed by atoms with Crippen LogP contribution in [0.15, 0.2) is 78.4 Å². The van der Waals surface area contributed by atoms with Gasteiger partial charge < -0.3 is 0 Å². The molecule has 0 spiro atoms. The molecule has 0 aromatic heterocycles. The minimum absolute atomic E-state index is 1.01. The van der Waals surface area contributed by atoms with E-state index in [4.69, 9.17) is 0 Å². The van der Waals surface area contributed by atoms with Crippen LogP contribution in [0.2, 0.25) is 0 Å². The van der Waals surface area contributed by atoms with Crippen molar-refractivity contribution in [1.29, 1.82) is 0 Å². The summed E-state index contributed by atoms with van der Waals surface area (Å²) in [6.07, 6.45) is 10.1. The van der Waals surface area contributed by atoms with Gasteiger partial charge in [0.15, 0.2) is 0 Å². The van der Waals surface area contributed by atoms with Crippen LogP contribution >= 0.6 is 0 Å². The number of rotatable bonds is 7. The van der Waals surface area contributed by atoms with Gasteiger partial charge in [-0.1, -0.05) is 113 Å². The van der Waals surface area contributed by atoms with E-state index in [0.717, 1.165) is 19.3 Å². The molecule has 0 radical (unpaired) electrons. The van der Waals surface area contributed by atoms with E-state index in [1.807, 2.05) is 13.8 Å². The Kier molecular flexibility index (Phi) is 10.9. The smallest absolute Gasteiger partial charge is 0.00768 e. The Labute approximate surface area is 167 Å². The van der Waals surface area contributed by atoms with E-state index in [1.165, 1.54) is 33.4 Å². The molecule has 0 unspecified atom stereocenters. The molecule has 0 aliphatic rings. The maximum Gasteiger partial charge on any atom is -0.00768 e. The van der Waals surface area contributed by atoms with Crippen molar-refractivity contribution in [1.82, 2.24) is 0 Å². The van der Waals surface area contributed by atoms with Gasteiger partial charge in [0.25, 0.3) is 0 Å². The summed E-state index contributed by atoms with van der Waals surface area (Å²) in [6.45, 7) is 12.7. The first-order valence-corrected chi connectivity index (χ1v) is 10.4. The van der Waals surface area contributed by atoms with Crippen molar-refractivity contribution in [3.8, 4) is 0 Å². The molecule has 0 N–H and O–H groups in total. The largest absolute Gasteiger partial charge is 0.0871 e. The van der Waals surface area contributed by atoms with E-state index in [-0.39, 0.29) is 0 Å². The van der Waals surface area contributed by atoms with Gasteiger partial charge in [-0.3, -0.25) is 0 Å². The van der Waals surface area contributed by atoms with Gasteiger partial charge >= 0.3 is 0 Å². The highest BCUT2D eigenvalue weighted by Gasteiger charge is 2.13. The fourth-order valence-electron chi connectivity index (χ4n) is 3.13. The topological polar surface area (TPSA) is 0 Å². The third kappa shape index (κ3) is 6.71. The number of hydrogen-bond acceptors (Lipinski definition) is 0. The first kappa shape index (κ1) is 22.7. The van der Waals surface area contributed by atoms with Gasteiger partial charge in [0.05, 0.1) is 0 Å². The van der Waals surface area contributed by atoms with Crippen LogP contribution in [0.1, 0.15) is 70.6 Å². The van der Waals surface area contributed by atoms with E-state index < -0.39 is 0 Å². The van der Waals surface area contributed by atoms with Crippen LogP contribution in [0.25, 0.3) is 11.1 Å². The monoisotopic (exact) mass is 360 g/mol. The lowest BCUT2D eigenvalue weighted by atomic mass is 9.87. The third-order valence-corrected chi connectivity index (χ3v) is 4.41. The van der Waals surface area contributed by atoms with Crippen molar-refractivity contribution in [2.45, 2.75) is 60.8 Å². The van der Waals surface area contributed by atoms with Crippen LogP contribution in [0.3, 0.4) is 0 Å². The lowest BCUT2D eigenvalue weighted by molar-refractivity contribution is 0.955. The van der Waals surface area contributed by atoms with E-state index in [2.05, 4.69) is 101 Å². The van der Waals surface area contributed by atoms with Gasteiger partial charge in [-0.15, -0.1) is 0 Å². The molecule has 0 heterocycles. The van der Waals surface area contributed by atoms with Crippen LogP contribution < -0.4 is 0 Å². The molecule has 2 aromatic rings. The molecular weight excluding hydrogens is 324 g/mol. The minimum atomic E-state index is 1.01. The van der Waals surface area contributed by atoms with Crippen LogP contribution in [-0.2, 0) is 0 Å². The van der Waals surface area contributed by atoms with Gasteiger partial charge in [0.1, 0.15) is 0 Å². The second-order valence-corrected chi connectivity index (χ2v) is 6.39. The van der Waals surface area contributed by atoms with Crippen molar-refractivity contribution in [3.63, 3.8) is 0 Å². The predicted octanol–water partition coefficient (Wildman–Crippen LogP) is 8.64. The van der Waals surface area contributed by atoms with Crippen LogP contribution in [-0.4, -0.2) is 0 Å². The number of unbranched alkanes of at least 4 members (excludes halogenated alkanes) is 1. The maximum absolute atomic E-state index is 2.38. The molecule has 0 atom stereocenters. The van der Waals surface area contributed by atoms with Crippen molar-refractivity contribution >= 4 is 11.1 Å². The van der Waals surface area contributed by atoms with Crippen molar-refractivity contribution in [3.05, 3.63) is 95.1 Å². The molecular formula is C27H36. The standard InChI is InChI=1S/C25H30.C2H6/c1-5-8-13-22(12-6-2)25(23-18-16-20(4)17-19-23)24(7-3)21-14-10-9-11-15-21;1-2/h6,9-19H,5,7-8H2,1-4H3;1-2H3/b12-6-,22-13+,25-24-;. The average Bonchev–Trinajstić information content (AvgIpc) is 2.72. The Morgan fingerprint density at radius 3 is 2.00 bits per heavy atom. The SMILES string of the molecule is CC.C\C=C/C(=C\CCC)C(=C(\CC)c1ccccc1)/c1ccc(C)cc1. The normalized spacial score (nSPS) is 12.4. The number of hydrogen-bond donors (Lipinski definition) is 0. The van der Waals surface area contributed by atoms with E-state index in [9.17, 15) is 0 Å². The number of benzene rings is 2. The fourth-order valence-corrected chi connectivity index (χ4v) is 3.13. The number of allylic oxidation sites excluding steroid dienone is 6. The second-order valence-electron chi connectivity index (χ2n) is 6.39. The highest BCUT2D eigenvalue weighted by Crippen LogP contribution is 2.35. The summed E-state index contributed by atoms with van der Waals surface area (Å²) in [7, 11) is 0. The highest BCUT2D eigenvalue weighted by atomic mass is 14.2. The average molecular weight is 361 g/mol. The van der Waals surface area contributed by atoms with Gasteiger partial charge in [-0.25, -0.2) is 0 Å². The van der Waals surface area contributed by atoms with Crippen LogP contribution in [0.4, 0.5) is 0 Å². The Balaban J connectivity index is 0.00000176. The lowest BCUT2D eigenvalue weighted by Gasteiger charge is -2.17. The zero-order valence-electron chi connectivity index (χ0n) is 18.0. The van der Waals surface area contributed by atoms with Gasteiger partial charge in [0, 0.05) is 0 Å². The first-order chi connectivity index (χ1) is 13.2. The Bertz CT molecular complexity index is 740. The Morgan fingerprint density at radius 2 is 1.48 bits per heavy atom. The third-order valence-electron chi connectivity index (χ3n) is 4.41. The molecule has 0 saturated carbocycles. The predicted molar refractivity (Wildman–Crippen MR) is 124 cm³/mol. The van der Waals surface area contributed by atoms with Crippen LogP contribution in [0.5, 0.6) is 0 Å². The summed E-state index contributed by atoms with van der Waals surface area (Å²) in [6, 6.07) is 19.7. The number of aryl methyl sites for hydroxylation is 1. The first-order valence-electron chi connectivity index (χ1n) is 10.4. The zero-order valence-corrected chi connectivity index (χ0v) is 18.0. The molecule has 0 saturated heterocycles. The van der Waals surface area contributed by atoms with Gasteiger partial charge in [-0.05, 0) is 54.5 Å². The summed E-state index contributed by atoms with van der Waals surface area (Å²) < 4.78 is 0. The van der Waals surface area contributed by atoms with Crippen LogP contribution in [0, 0.1) is 6.92 Å². The molecule has 2 rings (SSSR count). The maximum atomic E-state index is 2.38. The van der Waals surface area contributed by atoms with E-state index in [1.54, 1.807) is 0 Å². The molecule has 0 fully saturated rings. The summed E-state index contributed by atoms with van der Waals surface area (Å²) in [5.74, 6) is 0. The summed E-state index contributed by atoms with van der Waals surface area (Å²) >= 11 is 0. The van der Waals surface area contributed by atoms with Crippen molar-refractivity contribution < 1.29 is 0 Å².